The summed E-state index contributed by atoms with van der Waals surface area (Å²) in [6, 6.07) is 3.64. The summed E-state index contributed by atoms with van der Waals surface area (Å²) >= 11 is 0. The van der Waals surface area contributed by atoms with Crippen molar-refractivity contribution < 1.29 is 9.90 Å². The Balaban J connectivity index is 2.20. The second-order valence-corrected chi connectivity index (χ2v) is 2.94. The van der Waals surface area contributed by atoms with Gasteiger partial charge in [0.2, 0.25) is 0 Å². The van der Waals surface area contributed by atoms with Crippen LogP contribution in [0.1, 0.15) is 6.42 Å². The van der Waals surface area contributed by atoms with Gasteiger partial charge >= 0.3 is 5.97 Å². The van der Waals surface area contributed by atoms with Crippen molar-refractivity contribution in [2.24, 2.45) is 5.10 Å². The molecule has 5 heteroatoms. The molecule has 0 atom stereocenters. The summed E-state index contributed by atoms with van der Waals surface area (Å²) in [6.07, 6.45) is 3.81. The van der Waals surface area contributed by atoms with Gasteiger partial charge in [-0.2, -0.15) is 5.10 Å². The van der Waals surface area contributed by atoms with Gasteiger partial charge in [-0.15, -0.1) is 0 Å². The summed E-state index contributed by atoms with van der Waals surface area (Å²) in [4.78, 5) is 14.5. The summed E-state index contributed by atoms with van der Waals surface area (Å²) in [7, 11) is 0. The highest BCUT2D eigenvalue weighted by Crippen LogP contribution is 2.17. The molecule has 1 aromatic rings. The van der Waals surface area contributed by atoms with Crippen molar-refractivity contribution >= 4 is 17.4 Å². The van der Waals surface area contributed by atoms with E-state index >= 15 is 0 Å². The van der Waals surface area contributed by atoms with Crippen LogP contribution in [0.3, 0.4) is 0 Å². The molecule has 0 bridgehead atoms. The van der Waals surface area contributed by atoms with Crippen LogP contribution < -0.4 is 5.01 Å². The number of aliphatic carboxylic acids is 1. The zero-order valence-corrected chi connectivity index (χ0v) is 7.42. The second-order valence-electron chi connectivity index (χ2n) is 2.94. The number of carboxylic acids is 1. The molecule has 0 saturated heterocycles. The minimum absolute atomic E-state index is 0.203. The van der Waals surface area contributed by atoms with Crippen molar-refractivity contribution in [3.63, 3.8) is 0 Å². The van der Waals surface area contributed by atoms with Gasteiger partial charge in [0, 0.05) is 19.2 Å². The molecule has 5 nitrogen and oxygen atoms in total. The molecule has 0 spiro atoms. The number of carboxylic acid groups (broad SMARTS) is 1. The normalized spacial score (nSPS) is 15.4. The summed E-state index contributed by atoms with van der Waals surface area (Å²) < 4.78 is 0. The molecular formula is C9H9N3O2. The predicted molar refractivity (Wildman–Crippen MR) is 51.3 cm³/mol. The highest BCUT2D eigenvalue weighted by molar-refractivity contribution is 6.36. The third-order valence-corrected chi connectivity index (χ3v) is 1.99. The Hall–Kier alpha value is -1.91. The first kappa shape index (κ1) is 8.68. The first-order valence-corrected chi connectivity index (χ1v) is 4.26. The topological polar surface area (TPSA) is 65.8 Å². The van der Waals surface area contributed by atoms with E-state index in [1.165, 1.54) is 0 Å². The largest absolute Gasteiger partial charge is 0.477 e. The van der Waals surface area contributed by atoms with Crippen LogP contribution >= 0.6 is 0 Å². The van der Waals surface area contributed by atoms with E-state index in [2.05, 4.69) is 10.1 Å². The third kappa shape index (κ3) is 1.56. The molecule has 0 unspecified atom stereocenters. The Morgan fingerprint density at radius 3 is 3.00 bits per heavy atom. The molecular weight excluding hydrogens is 182 g/mol. The average Bonchev–Trinajstić information content (AvgIpc) is 2.68. The Labute approximate surface area is 80.7 Å². The summed E-state index contributed by atoms with van der Waals surface area (Å²) in [5, 5.41) is 14.3. The average molecular weight is 191 g/mol. The van der Waals surface area contributed by atoms with E-state index in [1.54, 1.807) is 23.5 Å². The number of carbonyl (C=O) groups is 1. The molecule has 2 heterocycles. The zero-order valence-electron chi connectivity index (χ0n) is 7.42. The molecule has 0 amide bonds. The van der Waals surface area contributed by atoms with Crippen molar-refractivity contribution in [1.82, 2.24) is 4.98 Å². The molecule has 14 heavy (non-hydrogen) atoms. The standard InChI is InChI=1S/C9H9N3O2/c13-9(14)8-3-5-12(11-8)7-2-1-4-10-6-7/h1-2,4,6H,3,5H2,(H,13,14). The zero-order chi connectivity index (χ0) is 9.97. The number of nitrogens with zero attached hydrogens (tertiary/aromatic N) is 3. The van der Waals surface area contributed by atoms with Crippen LogP contribution in [0.4, 0.5) is 5.69 Å². The van der Waals surface area contributed by atoms with Crippen molar-refractivity contribution in [2.45, 2.75) is 6.42 Å². The number of hydrogen-bond acceptors (Lipinski definition) is 4. The Bertz CT molecular complexity index is 375. The maximum Gasteiger partial charge on any atom is 0.352 e. The summed E-state index contributed by atoms with van der Waals surface area (Å²) in [5.74, 6) is -0.948. The van der Waals surface area contributed by atoms with E-state index in [0.717, 1.165) is 5.69 Å². The molecule has 1 N–H and O–H groups in total. The van der Waals surface area contributed by atoms with E-state index < -0.39 is 5.97 Å². The summed E-state index contributed by atoms with van der Waals surface area (Å²) in [5.41, 5.74) is 1.03. The minimum atomic E-state index is -0.948. The fraction of sp³-hybridized carbons (Fsp3) is 0.222. The molecule has 1 aromatic heterocycles. The van der Waals surface area contributed by atoms with Crippen molar-refractivity contribution in [2.75, 3.05) is 11.6 Å². The van der Waals surface area contributed by atoms with Gasteiger partial charge in [-0.25, -0.2) is 4.79 Å². The van der Waals surface area contributed by atoms with E-state index in [-0.39, 0.29) is 5.71 Å². The number of pyridine rings is 1. The van der Waals surface area contributed by atoms with Crippen LogP contribution in [0, 0.1) is 0 Å². The van der Waals surface area contributed by atoms with Crippen LogP contribution in [-0.2, 0) is 4.79 Å². The molecule has 72 valence electrons. The van der Waals surface area contributed by atoms with E-state index in [9.17, 15) is 4.79 Å². The van der Waals surface area contributed by atoms with Crippen molar-refractivity contribution in [3.05, 3.63) is 24.5 Å². The predicted octanol–water partition coefficient (Wildman–Crippen LogP) is 0.732. The van der Waals surface area contributed by atoms with Crippen molar-refractivity contribution in [3.8, 4) is 0 Å². The van der Waals surface area contributed by atoms with E-state index in [0.29, 0.717) is 13.0 Å². The smallest absolute Gasteiger partial charge is 0.352 e. The molecule has 2 rings (SSSR count). The van der Waals surface area contributed by atoms with Gasteiger partial charge in [0.25, 0.3) is 0 Å². The van der Waals surface area contributed by atoms with Gasteiger partial charge in [-0.3, -0.25) is 9.99 Å². The third-order valence-electron chi connectivity index (χ3n) is 1.99. The molecule has 0 radical (unpaired) electrons. The maximum absolute atomic E-state index is 10.6. The quantitative estimate of drug-likeness (QED) is 0.748. The lowest BCUT2D eigenvalue weighted by Gasteiger charge is -2.11. The van der Waals surface area contributed by atoms with Gasteiger partial charge in [0.05, 0.1) is 11.9 Å². The molecule has 1 aliphatic heterocycles. The lowest BCUT2D eigenvalue weighted by molar-refractivity contribution is -0.129. The monoisotopic (exact) mass is 191 g/mol. The van der Waals surface area contributed by atoms with Gasteiger partial charge in [-0.1, -0.05) is 0 Å². The molecule has 1 aliphatic rings. The van der Waals surface area contributed by atoms with Crippen molar-refractivity contribution in [1.29, 1.82) is 0 Å². The van der Waals surface area contributed by atoms with Gasteiger partial charge in [0.15, 0.2) is 0 Å². The van der Waals surface area contributed by atoms with Crippen LogP contribution in [-0.4, -0.2) is 28.3 Å². The Morgan fingerprint density at radius 2 is 2.43 bits per heavy atom. The van der Waals surface area contributed by atoms with Gasteiger partial charge < -0.3 is 5.11 Å². The lowest BCUT2D eigenvalue weighted by atomic mass is 10.3. The molecule has 0 fully saturated rings. The highest BCUT2D eigenvalue weighted by Gasteiger charge is 2.20. The number of hydrazone groups is 1. The lowest BCUT2D eigenvalue weighted by Crippen LogP contribution is -2.11. The van der Waals surface area contributed by atoms with Crippen LogP contribution in [0.2, 0.25) is 0 Å². The fourth-order valence-corrected chi connectivity index (χ4v) is 1.30. The van der Waals surface area contributed by atoms with E-state index in [1.807, 2.05) is 6.07 Å². The Kier molecular flexibility index (Phi) is 2.14. The number of hydrogen-bond donors (Lipinski definition) is 1. The number of anilines is 1. The van der Waals surface area contributed by atoms with Crippen LogP contribution in [0.25, 0.3) is 0 Å². The first-order valence-electron chi connectivity index (χ1n) is 4.26. The number of aromatic nitrogens is 1. The van der Waals surface area contributed by atoms with Gasteiger partial charge in [-0.05, 0) is 12.1 Å². The van der Waals surface area contributed by atoms with Crippen LogP contribution in [0.15, 0.2) is 29.6 Å². The molecule has 0 aromatic carbocycles. The SMILES string of the molecule is O=C(O)C1=NN(c2cccnc2)CC1. The fourth-order valence-electron chi connectivity index (χ4n) is 1.30. The highest BCUT2D eigenvalue weighted by atomic mass is 16.4. The molecule has 0 aliphatic carbocycles. The van der Waals surface area contributed by atoms with E-state index in [4.69, 9.17) is 5.11 Å². The Morgan fingerprint density at radius 1 is 1.57 bits per heavy atom. The minimum Gasteiger partial charge on any atom is -0.477 e. The second kappa shape index (κ2) is 3.45. The maximum atomic E-state index is 10.6. The van der Waals surface area contributed by atoms with Crippen LogP contribution in [0.5, 0.6) is 0 Å². The molecule has 0 saturated carbocycles. The summed E-state index contributed by atoms with van der Waals surface area (Å²) in [6.45, 7) is 0.604. The first-order chi connectivity index (χ1) is 6.77. The number of rotatable bonds is 2. The van der Waals surface area contributed by atoms with Gasteiger partial charge in [0.1, 0.15) is 5.71 Å².